The molecule has 0 radical (unpaired) electrons. The van der Waals surface area contributed by atoms with Crippen molar-refractivity contribution < 1.29 is 23.0 Å². The number of para-hydroxylation sites is 2. The number of carbonyl (C=O) groups is 1. The number of nitrogens with one attached hydrogen (secondary N) is 1. The number of benzene rings is 2. The molecule has 1 atom stereocenters. The van der Waals surface area contributed by atoms with Gasteiger partial charge in [-0.3, -0.25) is 9.69 Å². The number of hydrogen-bond acceptors (Lipinski definition) is 4. The van der Waals surface area contributed by atoms with Gasteiger partial charge in [0.15, 0.2) is 0 Å². The van der Waals surface area contributed by atoms with E-state index in [2.05, 4.69) is 10.1 Å². The Morgan fingerprint density at radius 2 is 1.93 bits per heavy atom. The summed E-state index contributed by atoms with van der Waals surface area (Å²) in [6.45, 7) is 1.71. The third kappa shape index (κ3) is 6.53. The minimum Gasteiger partial charge on any atom is -0.492 e. The van der Waals surface area contributed by atoms with Gasteiger partial charge >= 0.3 is 6.61 Å². The van der Waals surface area contributed by atoms with E-state index in [1.165, 1.54) is 12.1 Å². The van der Waals surface area contributed by atoms with E-state index < -0.39 is 12.7 Å². The molecule has 146 valence electrons. The number of hydrogen-bond donors (Lipinski definition) is 1. The second-order valence-electron chi connectivity index (χ2n) is 6.19. The highest BCUT2D eigenvalue weighted by Gasteiger charge is 2.20. The number of anilines is 1. The van der Waals surface area contributed by atoms with Gasteiger partial charge in [-0.2, -0.15) is 8.78 Å². The van der Waals surface area contributed by atoms with Gasteiger partial charge in [-0.25, -0.2) is 0 Å². The van der Waals surface area contributed by atoms with Crippen LogP contribution in [0.1, 0.15) is 12.5 Å². The molecule has 2 rings (SSSR count). The topological polar surface area (TPSA) is 50.8 Å². The smallest absolute Gasteiger partial charge is 0.387 e. The molecule has 2 aromatic rings. The lowest BCUT2D eigenvalue weighted by Crippen LogP contribution is -2.41. The number of alkyl halides is 2. The number of halogens is 2. The molecule has 0 aromatic heterocycles. The van der Waals surface area contributed by atoms with Crippen LogP contribution in [0.4, 0.5) is 14.5 Å². The average molecular weight is 378 g/mol. The Balaban J connectivity index is 1.87. The van der Waals surface area contributed by atoms with Crippen LogP contribution in [0.2, 0.25) is 0 Å². The van der Waals surface area contributed by atoms with E-state index in [0.29, 0.717) is 13.2 Å². The van der Waals surface area contributed by atoms with Crippen LogP contribution in [0.15, 0.2) is 48.5 Å². The molecule has 7 heteroatoms. The molecular weight excluding hydrogens is 354 g/mol. The summed E-state index contributed by atoms with van der Waals surface area (Å²) in [4.78, 5) is 14.3. The maximum absolute atomic E-state index is 12.5. The van der Waals surface area contributed by atoms with Crippen LogP contribution >= 0.6 is 0 Å². The van der Waals surface area contributed by atoms with E-state index in [-0.39, 0.29) is 17.3 Å². The van der Waals surface area contributed by atoms with Crippen molar-refractivity contribution in [3.63, 3.8) is 0 Å². The van der Waals surface area contributed by atoms with Gasteiger partial charge in [-0.05, 0) is 50.7 Å². The first kappa shape index (κ1) is 20.6. The van der Waals surface area contributed by atoms with Gasteiger partial charge < -0.3 is 14.8 Å². The molecule has 0 fully saturated rings. The highest BCUT2D eigenvalue weighted by Crippen LogP contribution is 2.25. The third-order valence-electron chi connectivity index (χ3n) is 4.10. The first-order valence-electron chi connectivity index (χ1n) is 8.61. The standard InChI is InChI=1S/C20H24F2N2O3/c1-14-7-6-8-16(13-14)26-12-11-24(3)15(2)19(25)23-17-9-4-5-10-18(17)27-20(21)22/h4-10,13,15,20H,11-12H2,1-3H3,(H,23,25). The Morgan fingerprint density at radius 1 is 1.19 bits per heavy atom. The minimum absolute atomic E-state index is 0.0708. The monoisotopic (exact) mass is 378 g/mol. The number of likely N-dealkylation sites (N-methyl/N-ethyl adjacent to an activating group) is 1. The van der Waals surface area contributed by atoms with Gasteiger partial charge in [0.1, 0.15) is 18.1 Å². The lowest BCUT2D eigenvalue weighted by Gasteiger charge is -2.24. The fourth-order valence-corrected chi connectivity index (χ4v) is 2.41. The molecule has 0 saturated heterocycles. The third-order valence-corrected chi connectivity index (χ3v) is 4.10. The molecule has 0 aliphatic rings. The Kier molecular flexibility index (Phi) is 7.55. The first-order valence-corrected chi connectivity index (χ1v) is 8.61. The summed E-state index contributed by atoms with van der Waals surface area (Å²) < 4.78 is 35.1. The number of aryl methyl sites for hydroxylation is 1. The van der Waals surface area contributed by atoms with Gasteiger partial charge in [0.25, 0.3) is 0 Å². The van der Waals surface area contributed by atoms with E-state index in [9.17, 15) is 13.6 Å². The van der Waals surface area contributed by atoms with Crippen molar-refractivity contribution in [3.05, 3.63) is 54.1 Å². The molecule has 0 aliphatic carbocycles. The molecule has 0 heterocycles. The summed E-state index contributed by atoms with van der Waals surface area (Å²) in [6.07, 6.45) is 0. The second-order valence-corrected chi connectivity index (χ2v) is 6.19. The number of ether oxygens (including phenoxy) is 2. The molecule has 27 heavy (non-hydrogen) atoms. The maximum Gasteiger partial charge on any atom is 0.387 e. The lowest BCUT2D eigenvalue weighted by atomic mass is 10.2. The maximum atomic E-state index is 12.5. The van der Waals surface area contributed by atoms with E-state index in [0.717, 1.165) is 11.3 Å². The predicted molar refractivity (Wildman–Crippen MR) is 100 cm³/mol. The fourth-order valence-electron chi connectivity index (χ4n) is 2.41. The zero-order valence-electron chi connectivity index (χ0n) is 15.6. The fraction of sp³-hybridized carbons (Fsp3) is 0.350. The van der Waals surface area contributed by atoms with Crippen molar-refractivity contribution in [2.75, 3.05) is 25.5 Å². The van der Waals surface area contributed by atoms with E-state index >= 15 is 0 Å². The summed E-state index contributed by atoms with van der Waals surface area (Å²) >= 11 is 0. The number of amides is 1. The van der Waals surface area contributed by atoms with Crippen molar-refractivity contribution >= 4 is 11.6 Å². The number of nitrogens with zero attached hydrogens (tertiary/aromatic N) is 1. The quantitative estimate of drug-likeness (QED) is 0.718. The summed E-state index contributed by atoms with van der Waals surface area (Å²) in [7, 11) is 1.80. The number of rotatable bonds is 9. The van der Waals surface area contributed by atoms with Gasteiger partial charge in [0.05, 0.1) is 11.7 Å². The van der Waals surface area contributed by atoms with E-state index in [4.69, 9.17) is 4.74 Å². The first-order chi connectivity index (χ1) is 12.9. The molecule has 0 aliphatic heterocycles. The van der Waals surface area contributed by atoms with Crippen LogP contribution in [0.3, 0.4) is 0 Å². The molecule has 2 aromatic carbocycles. The highest BCUT2D eigenvalue weighted by molar-refractivity contribution is 5.95. The summed E-state index contributed by atoms with van der Waals surface area (Å²) in [5, 5.41) is 2.63. The second kappa shape index (κ2) is 9.87. The molecule has 1 amide bonds. The summed E-state index contributed by atoms with van der Waals surface area (Å²) in [5.74, 6) is 0.385. The Bertz CT molecular complexity index is 756. The van der Waals surface area contributed by atoms with Crippen molar-refractivity contribution in [1.82, 2.24) is 4.90 Å². The van der Waals surface area contributed by atoms with Gasteiger partial charge in [0.2, 0.25) is 5.91 Å². The number of carbonyl (C=O) groups excluding carboxylic acids is 1. The van der Waals surface area contributed by atoms with E-state index in [1.807, 2.05) is 36.1 Å². The molecule has 0 bridgehead atoms. The molecule has 0 spiro atoms. The van der Waals surface area contributed by atoms with Crippen molar-refractivity contribution in [2.24, 2.45) is 0 Å². The predicted octanol–water partition coefficient (Wildman–Crippen LogP) is 3.93. The average Bonchev–Trinajstić information content (AvgIpc) is 2.62. The molecule has 1 unspecified atom stereocenters. The highest BCUT2D eigenvalue weighted by atomic mass is 19.3. The summed E-state index contributed by atoms with van der Waals surface area (Å²) in [5.41, 5.74) is 1.32. The van der Waals surface area contributed by atoms with Gasteiger partial charge in [0, 0.05) is 6.54 Å². The minimum atomic E-state index is -2.96. The molecule has 1 N–H and O–H groups in total. The lowest BCUT2D eigenvalue weighted by molar-refractivity contribution is -0.120. The van der Waals surface area contributed by atoms with Crippen LogP contribution in [-0.4, -0.2) is 43.7 Å². The molecule has 0 saturated carbocycles. The van der Waals surface area contributed by atoms with Crippen molar-refractivity contribution in [1.29, 1.82) is 0 Å². The SMILES string of the molecule is Cc1cccc(OCCN(C)C(C)C(=O)Nc2ccccc2OC(F)F)c1. The largest absolute Gasteiger partial charge is 0.492 e. The normalized spacial score (nSPS) is 12.1. The van der Waals surface area contributed by atoms with Crippen LogP contribution in [-0.2, 0) is 4.79 Å². The molecule has 5 nitrogen and oxygen atoms in total. The molecular formula is C20H24F2N2O3. The van der Waals surface area contributed by atoms with E-state index in [1.54, 1.807) is 26.1 Å². The van der Waals surface area contributed by atoms with Crippen LogP contribution in [0.5, 0.6) is 11.5 Å². The summed E-state index contributed by atoms with van der Waals surface area (Å²) in [6, 6.07) is 13.3. The Morgan fingerprint density at radius 3 is 2.63 bits per heavy atom. The van der Waals surface area contributed by atoms with Crippen LogP contribution in [0.25, 0.3) is 0 Å². The Labute approximate surface area is 157 Å². The zero-order valence-corrected chi connectivity index (χ0v) is 15.6. The zero-order chi connectivity index (χ0) is 19.8. The van der Waals surface area contributed by atoms with Gasteiger partial charge in [-0.15, -0.1) is 0 Å². The van der Waals surface area contributed by atoms with Crippen molar-refractivity contribution in [3.8, 4) is 11.5 Å². The van der Waals surface area contributed by atoms with Crippen LogP contribution in [0, 0.1) is 6.92 Å². The van der Waals surface area contributed by atoms with Crippen LogP contribution < -0.4 is 14.8 Å². The van der Waals surface area contributed by atoms with Crippen molar-refractivity contribution in [2.45, 2.75) is 26.5 Å². The Hall–Kier alpha value is -2.67. The van der Waals surface area contributed by atoms with Gasteiger partial charge in [-0.1, -0.05) is 24.3 Å².